The summed E-state index contributed by atoms with van der Waals surface area (Å²) in [7, 11) is 1.32. The van der Waals surface area contributed by atoms with Crippen LogP contribution in [0.5, 0.6) is 0 Å². The molecule has 9 heteroatoms. The molecule has 2 N–H and O–H groups in total. The maximum atomic E-state index is 13.4. The Bertz CT molecular complexity index is 715. The summed E-state index contributed by atoms with van der Waals surface area (Å²) >= 11 is 1.50. The quantitative estimate of drug-likeness (QED) is 0.806. The number of hydrogen-bond acceptors (Lipinski definition) is 4. The van der Waals surface area contributed by atoms with Crippen molar-refractivity contribution in [2.75, 3.05) is 11.6 Å². The van der Waals surface area contributed by atoms with Crippen LogP contribution in [0, 0.1) is 0 Å². The second-order valence-electron chi connectivity index (χ2n) is 5.17. The molecule has 5 nitrogen and oxygen atoms in total. The van der Waals surface area contributed by atoms with Crippen LogP contribution in [0.3, 0.4) is 0 Å². The number of anilines is 1. The molecular weight excluding hydrogens is 343 g/mol. The van der Waals surface area contributed by atoms with Crippen LogP contribution in [-0.2, 0) is 17.4 Å². The molecule has 0 spiro atoms. The van der Waals surface area contributed by atoms with Gasteiger partial charge in [0.05, 0.1) is 6.42 Å². The van der Waals surface area contributed by atoms with Gasteiger partial charge in [0.25, 0.3) is 0 Å². The molecule has 1 aromatic carbocycles. The van der Waals surface area contributed by atoms with Crippen molar-refractivity contribution in [1.82, 2.24) is 9.55 Å². The number of imidazole rings is 1. The number of carbonyl (C=O) groups excluding carboxylic acids is 1. The first kappa shape index (κ1) is 18.3. The van der Waals surface area contributed by atoms with Gasteiger partial charge >= 0.3 is 6.18 Å². The van der Waals surface area contributed by atoms with E-state index in [1.54, 1.807) is 24.3 Å². The number of aromatic nitrogens is 2. The minimum absolute atomic E-state index is 0.349. The standard InChI is InChI=1S/C15H16F3N3O2S/c1-21-8-7-19-13(21)14(23,15(16,17)18)9-12(22)20-10-3-5-11(24-2)6-4-10/h3-8,23H,9H2,1-2H3,(H,20,22)/t14-/m1/s1. The minimum Gasteiger partial charge on any atom is -0.374 e. The number of aliphatic hydroxyl groups is 1. The number of alkyl halides is 3. The lowest BCUT2D eigenvalue weighted by atomic mass is 9.97. The van der Waals surface area contributed by atoms with Gasteiger partial charge in [0.1, 0.15) is 0 Å². The van der Waals surface area contributed by atoms with Crippen molar-refractivity contribution in [3.63, 3.8) is 0 Å². The maximum Gasteiger partial charge on any atom is 0.425 e. The Morgan fingerprint density at radius 3 is 2.42 bits per heavy atom. The molecule has 0 fully saturated rings. The Morgan fingerprint density at radius 2 is 1.96 bits per heavy atom. The van der Waals surface area contributed by atoms with Crippen molar-refractivity contribution in [3.05, 3.63) is 42.5 Å². The Kier molecular flexibility index (Phi) is 5.24. The maximum absolute atomic E-state index is 13.4. The highest BCUT2D eigenvalue weighted by molar-refractivity contribution is 7.98. The lowest BCUT2D eigenvalue weighted by molar-refractivity contribution is -0.270. The molecule has 1 amide bonds. The summed E-state index contributed by atoms with van der Waals surface area (Å²) < 4.78 is 41.1. The first-order chi connectivity index (χ1) is 11.2. The molecule has 0 radical (unpaired) electrons. The Hall–Kier alpha value is -2.00. The molecule has 1 heterocycles. The molecule has 1 aromatic heterocycles. The molecule has 1 atom stereocenters. The normalized spacial score (nSPS) is 14.2. The van der Waals surface area contributed by atoms with Crippen molar-refractivity contribution >= 4 is 23.4 Å². The van der Waals surface area contributed by atoms with Crippen LogP contribution in [0.2, 0.25) is 0 Å². The molecule has 0 saturated heterocycles. The van der Waals surface area contributed by atoms with Crippen LogP contribution in [0.25, 0.3) is 0 Å². The monoisotopic (exact) mass is 359 g/mol. The summed E-state index contributed by atoms with van der Waals surface area (Å²) in [6.07, 6.45) is -1.96. The molecule has 0 unspecified atom stereocenters. The SMILES string of the molecule is CSc1ccc(NC(=O)C[C@@](O)(c2nccn2C)C(F)(F)F)cc1. The van der Waals surface area contributed by atoms with Crippen LogP contribution in [0.1, 0.15) is 12.2 Å². The number of nitrogens with zero attached hydrogens (tertiary/aromatic N) is 2. The predicted octanol–water partition coefficient (Wildman–Crippen LogP) is 2.92. The van der Waals surface area contributed by atoms with E-state index in [1.807, 2.05) is 6.26 Å². The van der Waals surface area contributed by atoms with E-state index in [1.165, 1.54) is 25.0 Å². The molecule has 0 aliphatic heterocycles. The number of carbonyl (C=O) groups is 1. The molecule has 130 valence electrons. The van der Waals surface area contributed by atoms with Crippen molar-refractivity contribution in [1.29, 1.82) is 0 Å². The second-order valence-corrected chi connectivity index (χ2v) is 6.05. The highest BCUT2D eigenvalue weighted by Gasteiger charge is 2.58. The van der Waals surface area contributed by atoms with E-state index in [9.17, 15) is 23.1 Å². The van der Waals surface area contributed by atoms with Crippen molar-refractivity contribution in [3.8, 4) is 0 Å². The fraction of sp³-hybridized carbons (Fsp3) is 0.333. The van der Waals surface area contributed by atoms with Crippen LogP contribution in [0.15, 0.2) is 41.6 Å². The van der Waals surface area contributed by atoms with Crippen molar-refractivity contribution in [2.45, 2.75) is 23.1 Å². The number of hydrogen-bond donors (Lipinski definition) is 2. The van der Waals surface area contributed by atoms with Gasteiger partial charge in [0.15, 0.2) is 5.82 Å². The molecule has 2 aromatic rings. The van der Waals surface area contributed by atoms with Gasteiger partial charge < -0.3 is 15.0 Å². The fourth-order valence-electron chi connectivity index (χ4n) is 2.18. The summed E-state index contributed by atoms with van der Waals surface area (Å²) in [5.41, 5.74) is -3.02. The lowest BCUT2D eigenvalue weighted by Gasteiger charge is -2.29. The number of benzene rings is 1. The third kappa shape index (κ3) is 3.73. The number of rotatable bonds is 5. The zero-order chi connectivity index (χ0) is 18.0. The van der Waals surface area contributed by atoms with Crippen LogP contribution in [-0.4, -0.2) is 33.0 Å². The van der Waals surface area contributed by atoms with E-state index in [4.69, 9.17) is 0 Å². The average molecular weight is 359 g/mol. The first-order valence-electron chi connectivity index (χ1n) is 6.88. The summed E-state index contributed by atoms with van der Waals surface area (Å²) in [5.74, 6) is -1.60. The summed E-state index contributed by atoms with van der Waals surface area (Å²) in [4.78, 5) is 16.5. The van der Waals surface area contributed by atoms with Gasteiger partial charge in [-0.15, -0.1) is 11.8 Å². The van der Waals surface area contributed by atoms with Crippen molar-refractivity contribution < 1.29 is 23.1 Å². The zero-order valence-corrected chi connectivity index (χ0v) is 13.8. The highest BCUT2D eigenvalue weighted by atomic mass is 32.2. The zero-order valence-electron chi connectivity index (χ0n) is 13.0. The summed E-state index contributed by atoms with van der Waals surface area (Å²) in [6, 6.07) is 6.62. The number of aryl methyl sites for hydroxylation is 1. The van der Waals surface area contributed by atoms with Gasteiger partial charge in [-0.05, 0) is 30.5 Å². The third-order valence-corrected chi connectivity index (χ3v) is 4.19. The molecule has 24 heavy (non-hydrogen) atoms. The average Bonchev–Trinajstić information content (AvgIpc) is 2.93. The molecule has 2 rings (SSSR count). The molecule has 0 saturated carbocycles. The second kappa shape index (κ2) is 6.86. The topological polar surface area (TPSA) is 67.2 Å². The smallest absolute Gasteiger partial charge is 0.374 e. The van der Waals surface area contributed by atoms with Crippen molar-refractivity contribution in [2.24, 2.45) is 7.05 Å². The van der Waals surface area contributed by atoms with Crippen LogP contribution < -0.4 is 5.32 Å². The molecule has 0 aliphatic rings. The van der Waals surface area contributed by atoms with E-state index in [-0.39, 0.29) is 0 Å². The molecule has 0 aliphatic carbocycles. The number of halogens is 3. The van der Waals surface area contributed by atoms with E-state index < -0.39 is 29.9 Å². The summed E-state index contributed by atoms with van der Waals surface area (Å²) in [5, 5.41) is 12.5. The Balaban J connectivity index is 2.20. The van der Waals surface area contributed by atoms with E-state index in [2.05, 4.69) is 10.3 Å². The van der Waals surface area contributed by atoms with Gasteiger partial charge in [0.2, 0.25) is 11.5 Å². The number of amides is 1. The van der Waals surface area contributed by atoms with Crippen LogP contribution in [0.4, 0.5) is 18.9 Å². The first-order valence-corrected chi connectivity index (χ1v) is 8.10. The van der Waals surface area contributed by atoms with Gasteiger partial charge in [-0.25, -0.2) is 4.98 Å². The van der Waals surface area contributed by atoms with Gasteiger partial charge in [0, 0.05) is 30.0 Å². The van der Waals surface area contributed by atoms with Crippen LogP contribution >= 0.6 is 11.8 Å². The van der Waals surface area contributed by atoms with E-state index in [0.29, 0.717) is 5.69 Å². The number of nitrogens with one attached hydrogen (secondary N) is 1. The largest absolute Gasteiger partial charge is 0.425 e. The van der Waals surface area contributed by atoms with Gasteiger partial charge in [-0.2, -0.15) is 13.2 Å². The van der Waals surface area contributed by atoms with Gasteiger partial charge in [-0.1, -0.05) is 0 Å². The predicted molar refractivity (Wildman–Crippen MR) is 84.6 cm³/mol. The van der Waals surface area contributed by atoms with E-state index >= 15 is 0 Å². The van der Waals surface area contributed by atoms with Gasteiger partial charge in [-0.3, -0.25) is 4.79 Å². The highest BCUT2D eigenvalue weighted by Crippen LogP contribution is 2.40. The molecular formula is C15H16F3N3O2S. The minimum atomic E-state index is -5.05. The fourth-order valence-corrected chi connectivity index (χ4v) is 2.59. The lowest BCUT2D eigenvalue weighted by Crippen LogP contribution is -2.46. The number of thioether (sulfide) groups is 1. The summed E-state index contributed by atoms with van der Waals surface area (Å²) in [6.45, 7) is 0. The van der Waals surface area contributed by atoms with E-state index in [0.717, 1.165) is 15.7 Å². The Labute approximate surface area is 140 Å². The Morgan fingerprint density at radius 1 is 1.33 bits per heavy atom. The third-order valence-electron chi connectivity index (χ3n) is 3.45. The molecule has 0 bridgehead atoms.